The van der Waals surface area contributed by atoms with Crippen LogP contribution in [0.5, 0.6) is 0 Å². The second-order valence-electron chi connectivity index (χ2n) is 4.96. The van der Waals surface area contributed by atoms with E-state index in [2.05, 4.69) is 41.5 Å². The molecule has 0 unspecified atom stereocenters. The first-order valence-electron chi connectivity index (χ1n) is 8.18. The fourth-order valence-corrected chi connectivity index (χ4v) is 3.09. The third kappa shape index (κ3) is 6.34. The minimum absolute atomic E-state index is 0.542. The van der Waals surface area contributed by atoms with Gasteiger partial charge >= 0.3 is 0 Å². The van der Waals surface area contributed by atoms with Crippen molar-refractivity contribution in [2.24, 2.45) is 4.99 Å². The van der Waals surface area contributed by atoms with E-state index >= 15 is 0 Å². The largest absolute Gasteiger partial charge is 0.370 e. The number of carbonyl (C=O) groups is 1. The Kier molecular flexibility index (Phi) is 10.4. The van der Waals surface area contributed by atoms with Crippen LogP contribution >= 0.6 is 27.3 Å². The van der Waals surface area contributed by atoms with Crippen molar-refractivity contribution in [3.8, 4) is 0 Å². The van der Waals surface area contributed by atoms with Crippen molar-refractivity contribution < 1.29 is 4.79 Å². The molecule has 0 fully saturated rings. The third-order valence-electron chi connectivity index (χ3n) is 3.18. The van der Waals surface area contributed by atoms with Gasteiger partial charge in [-0.3, -0.25) is 4.79 Å². The molecule has 0 spiro atoms. The van der Waals surface area contributed by atoms with Crippen LogP contribution in [0.2, 0.25) is 0 Å². The van der Waals surface area contributed by atoms with E-state index in [1.54, 1.807) is 6.34 Å². The van der Waals surface area contributed by atoms with Crippen LogP contribution in [0.3, 0.4) is 0 Å². The molecule has 0 radical (unpaired) electrons. The molecule has 2 heterocycles. The molecular formula is C18H24BrN5OS. The molecule has 0 atom stereocenters. The van der Waals surface area contributed by atoms with Gasteiger partial charge in [0.1, 0.15) is 17.0 Å². The summed E-state index contributed by atoms with van der Waals surface area (Å²) in [4.78, 5) is 25.4. The van der Waals surface area contributed by atoms with E-state index in [1.807, 2.05) is 45.9 Å². The molecule has 0 aliphatic rings. The van der Waals surface area contributed by atoms with Gasteiger partial charge < -0.3 is 10.6 Å². The Morgan fingerprint density at radius 3 is 2.69 bits per heavy atom. The number of thiophene rings is 1. The second-order valence-corrected chi connectivity index (χ2v) is 6.64. The molecule has 0 aliphatic heterocycles. The van der Waals surface area contributed by atoms with Gasteiger partial charge in [0, 0.05) is 17.6 Å². The van der Waals surface area contributed by atoms with Gasteiger partial charge in [-0.2, -0.15) is 0 Å². The molecule has 26 heavy (non-hydrogen) atoms. The van der Waals surface area contributed by atoms with E-state index in [-0.39, 0.29) is 0 Å². The smallest absolute Gasteiger partial charge is 0.162 e. The van der Waals surface area contributed by atoms with E-state index < -0.39 is 0 Å². The van der Waals surface area contributed by atoms with Crippen LogP contribution in [0.4, 0.5) is 11.5 Å². The number of nitrogens with zero attached hydrogens (tertiary/aromatic N) is 3. The quantitative estimate of drug-likeness (QED) is 0.208. The number of aromatic nitrogens is 2. The molecule has 0 saturated heterocycles. The van der Waals surface area contributed by atoms with E-state index in [0.717, 1.165) is 34.1 Å². The Labute approximate surface area is 166 Å². The lowest BCUT2D eigenvalue weighted by Crippen LogP contribution is -2.06. The van der Waals surface area contributed by atoms with Gasteiger partial charge in [-0.15, -0.1) is 11.3 Å². The Bertz CT molecular complexity index is 798. The molecule has 2 aromatic heterocycles. The first kappa shape index (κ1) is 22.0. The lowest BCUT2D eigenvalue weighted by atomic mass is 10.3. The zero-order valence-corrected chi connectivity index (χ0v) is 17.8. The van der Waals surface area contributed by atoms with Gasteiger partial charge in [-0.05, 0) is 27.7 Å². The number of aldehydes is 1. The molecule has 2 rings (SSSR count). The molecule has 0 aromatic carbocycles. The molecule has 0 amide bonds. The van der Waals surface area contributed by atoms with Crippen molar-refractivity contribution in [1.29, 1.82) is 0 Å². The Morgan fingerprint density at radius 2 is 2.15 bits per heavy atom. The van der Waals surface area contributed by atoms with Gasteiger partial charge in [-0.25, -0.2) is 15.0 Å². The van der Waals surface area contributed by atoms with Crippen LogP contribution in [0.15, 0.2) is 35.2 Å². The number of nitrogens with one attached hydrogen (secondary N) is 2. The zero-order valence-electron chi connectivity index (χ0n) is 15.4. The number of aliphatic imine (C=N–C) groups is 1. The minimum Gasteiger partial charge on any atom is -0.370 e. The van der Waals surface area contributed by atoms with Crippen molar-refractivity contribution in [1.82, 2.24) is 15.3 Å². The molecule has 6 nitrogen and oxygen atoms in total. The maximum atomic E-state index is 11.3. The number of rotatable bonds is 7. The van der Waals surface area contributed by atoms with Gasteiger partial charge in [0.2, 0.25) is 0 Å². The summed E-state index contributed by atoms with van der Waals surface area (Å²) in [5.74, 6) is 0.696. The molecule has 140 valence electrons. The van der Waals surface area contributed by atoms with Crippen molar-refractivity contribution in [3.63, 3.8) is 0 Å². The zero-order chi connectivity index (χ0) is 19.4. The molecular weight excluding hydrogens is 414 g/mol. The predicted octanol–water partition coefficient (Wildman–Crippen LogP) is 5.07. The summed E-state index contributed by atoms with van der Waals surface area (Å²) >= 11 is 4.54. The summed E-state index contributed by atoms with van der Waals surface area (Å²) < 4.78 is 0. The van der Waals surface area contributed by atoms with Crippen molar-refractivity contribution in [2.75, 3.05) is 17.2 Å². The van der Waals surface area contributed by atoms with Crippen LogP contribution in [0.1, 0.15) is 37.4 Å². The Balaban J connectivity index is 0.000000597. The highest BCUT2D eigenvalue weighted by Gasteiger charge is 2.16. The average molecular weight is 438 g/mol. The number of hydrogen-bond donors (Lipinski definition) is 2. The highest BCUT2D eigenvalue weighted by molar-refractivity contribution is 9.09. The number of carbonyl (C=O) groups excluding carboxylic acids is 1. The van der Waals surface area contributed by atoms with Crippen LogP contribution in [-0.2, 0) is 0 Å². The molecule has 2 N–H and O–H groups in total. The summed E-state index contributed by atoms with van der Waals surface area (Å²) in [6, 6.07) is 0. The van der Waals surface area contributed by atoms with Crippen LogP contribution in [-0.4, -0.2) is 34.5 Å². The number of allylic oxidation sites excluding steroid dienone is 4. The second kappa shape index (κ2) is 12.3. The normalized spacial score (nSPS) is 11.7. The van der Waals surface area contributed by atoms with E-state index in [4.69, 9.17) is 0 Å². The highest BCUT2D eigenvalue weighted by atomic mass is 79.9. The first-order valence-corrected chi connectivity index (χ1v) is 10.1. The topological polar surface area (TPSA) is 79.3 Å². The Morgan fingerprint density at radius 1 is 1.38 bits per heavy atom. The van der Waals surface area contributed by atoms with E-state index in [1.165, 1.54) is 17.7 Å². The first-order chi connectivity index (χ1) is 12.6. The maximum Gasteiger partial charge on any atom is 0.162 e. The summed E-state index contributed by atoms with van der Waals surface area (Å²) in [5.41, 5.74) is 1.58. The SMILES string of the molecule is C/C=C(\C)NC=Nc1c(C=O)sc2ncnc(NCC)c12.C/C=C\CBr. The summed E-state index contributed by atoms with van der Waals surface area (Å²) in [5, 5.41) is 7.96. The van der Waals surface area contributed by atoms with E-state index in [0.29, 0.717) is 16.4 Å². The summed E-state index contributed by atoms with van der Waals surface area (Å²) in [7, 11) is 0. The van der Waals surface area contributed by atoms with Gasteiger partial charge in [-0.1, -0.05) is 34.2 Å². The average Bonchev–Trinajstić information content (AvgIpc) is 3.02. The van der Waals surface area contributed by atoms with Gasteiger partial charge in [0.25, 0.3) is 0 Å². The van der Waals surface area contributed by atoms with Crippen molar-refractivity contribution in [2.45, 2.75) is 27.7 Å². The standard InChI is InChI=1S/C14H17N5OS.C4H7Br/c1-4-9(3)16-7-17-12-10(6-20)21-14-11(12)13(15-5-2)18-8-19-14;1-2-3-4-5/h4,6-8H,5H2,1-3H3,(H,16,17)(H,15,18,19);2-3H,4H2,1H3/b9-4+;3-2-. The number of halogens is 1. The summed E-state index contributed by atoms with van der Waals surface area (Å²) in [6.07, 6.45) is 9.85. The van der Waals surface area contributed by atoms with Crippen molar-refractivity contribution in [3.05, 3.63) is 35.1 Å². The Hall–Kier alpha value is -2.06. The molecule has 0 aliphatic carbocycles. The number of fused-ring (bicyclic) bond motifs is 1. The fraction of sp³-hybridized carbons (Fsp3) is 0.333. The number of anilines is 1. The van der Waals surface area contributed by atoms with Crippen LogP contribution < -0.4 is 10.6 Å². The molecule has 0 bridgehead atoms. The predicted molar refractivity (Wildman–Crippen MR) is 116 cm³/mol. The molecule has 8 heteroatoms. The lowest BCUT2D eigenvalue weighted by Gasteiger charge is -2.04. The van der Waals surface area contributed by atoms with Crippen LogP contribution in [0, 0.1) is 0 Å². The number of hydrogen-bond acceptors (Lipinski definition) is 6. The lowest BCUT2D eigenvalue weighted by molar-refractivity contribution is 0.112. The van der Waals surface area contributed by atoms with Gasteiger partial charge in [0.05, 0.1) is 22.3 Å². The maximum absolute atomic E-state index is 11.3. The molecule has 0 saturated carbocycles. The fourth-order valence-electron chi connectivity index (χ4n) is 1.82. The molecule has 2 aromatic rings. The van der Waals surface area contributed by atoms with Crippen LogP contribution in [0.25, 0.3) is 10.2 Å². The monoisotopic (exact) mass is 437 g/mol. The van der Waals surface area contributed by atoms with Gasteiger partial charge in [0.15, 0.2) is 6.29 Å². The van der Waals surface area contributed by atoms with Crippen molar-refractivity contribution >= 4 is 61.6 Å². The summed E-state index contributed by atoms with van der Waals surface area (Å²) in [6.45, 7) is 8.59. The highest BCUT2D eigenvalue weighted by Crippen LogP contribution is 2.38. The van der Waals surface area contributed by atoms with E-state index in [9.17, 15) is 4.79 Å². The minimum atomic E-state index is 0.542. The third-order valence-corrected chi connectivity index (χ3v) is 4.57. The number of alkyl halides is 1.